The maximum Gasteiger partial charge on any atom is 0.255 e. The van der Waals surface area contributed by atoms with E-state index in [-0.39, 0.29) is 11.8 Å². The molecule has 1 aromatic heterocycles. The van der Waals surface area contributed by atoms with Crippen molar-refractivity contribution in [1.29, 1.82) is 0 Å². The average Bonchev–Trinajstić information content (AvgIpc) is 3.05. The van der Waals surface area contributed by atoms with Crippen LogP contribution in [-0.4, -0.2) is 24.1 Å². The normalized spacial score (nSPS) is 10.4. The molecular formula is C22H23N3O4. The Morgan fingerprint density at radius 3 is 2.17 bits per heavy atom. The third-order valence-electron chi connectivity index (χ3n) is 4.56. The number of anilines is 2. The van der Waals surface area contributed by atoms with Crippen LogP contribution in [0.3, 0.4) is 0 Å². The van der Waals surface area contributed by atoms with Gasteiger partial charge in [-0.1, -0.05) is 5.16 Å². The van der Waals surface area contributed by atoms with E-state index in [1.165, 1.54) is 0 Å². The van der Waals surface area contributed by atoms with Crippen LogP contribution in [0.2, 0.25) is 0 Å². The predicted molar refractivity (Wildman–Crippen MR) is 110 cm³/mol. The van der Waals surface area contributed by atoms with E-state index in [1.807, 2.05) is 13.8 Å². The first-order chi connectivity index (χ1) is 14.0. The molecule has 7 nitrogen and oxygen atoms in total. The average molecular weight is 393 g/mol. The number of aryl methyl sites for hydroxylation is 2. The van der Waals surface area contributed by atoms with E-state index in [2.05, 4.69) is 15.8 Å². The molecule has 0 unspecified atom stereocenters. The Hall–Kier alpha value is -3.61. The zero-order valence-electron chi connectivity index (χ0n) is 16.6. The van der Waals surface area contributed by atoms with Gasteiger partial charge < -0.3 is 19.9 Å². The molecule has 2 aromatic carbocycles. The summed E-state index contributed by atoms with van der Waals surface area (Å²) in [6, 6.07) is 13.8. The maximum absolute atomic E-state index is 12.4. The number of nitrogens with zero attached hydrogens (tertiary/aromatic N) is 1. The van der Waals surface area contributed by atoms with E-state index in [4.69, 9.17) is 9.26 Å². The monoisotopic (exact) mass is 393 g/mol. The van der Waals surface area contributed by atoms with E-state index in [0.29, 0.717) is 29.8 Å². The number of carbonyl (C=O) groups excluding carboxylic acids is 2. The molecule has 1 heterocycles. The fourth-order valence-electron chi connectivity index (χ4n) is 2.90. The summed E-state index contributed by atoms with van der Waals surface area (Å²) in [6.45, 7) is 3.70. The molecule has 0 saturated heterocycles. The molecule has 2 N–H and O–H groups in total. The second-order valence-corrected chi connectivity index (χ2v) is 6.61. The van der Waals surface area contributed by atoms with Crippen LogP contribution < -0.4 is 15.4 Å². The number of hydrogen-bond donors (Lipinski definition) is 2. The van der Waals surface area contributed by atoms with Gasteiger partial charge in [0.05, 0.1) is 12.8 Å². The van der Waals surface area contributed by atoms with Gasteiger partial charge in [0.1, 0.15) is 11.5 Å². The summed E-state index contributed by atoms with van der Waals surface area (Å²) >= 11 is 0. The van der Waals surface area contributed by atoms with Gasteiger partial charge in [-0.05, 0) is 68.8 Å². The second kappa shape index (κ2) is 9.05. The molecule has 0 aliphatic rings. The van der Waals surface area contributed by atoms with E-state index in [0.717, 1.165) is 22.8 Å². The number of aromatic nitrogens is 1. The van der Waals surface area contributed by atoms with Crippen LogP contribution in [0.5, 0.6) is 5.75 Å². The van der Waals surface area contributed by atoms with Crippen molar-refractivity contribution in [2.75, 3.05) is 17.7 Å². The second-order valence-electron chi connectivity index (χ2n) is 6.61. The predicted octanol–water partition coefficient (Wildman–Crippen LogP) is 4.12. The van der Waals surface area contributed by atoms with Crippen LogP contribution in [0.1, 0.15) is 33.8 Å². The lowest BCUT2D eigenvalue weighted by molar-refractivity contribution is -0.116. The molecule has 29 heavy (non-hydrogen) atoms. The van der Waals surface area contributed by atoms with Gasteiger partial charge in [-0.15, -0.1) is 0 Å². The van der Waals surface area contributed by atoms with Gasteiger partial charge in [0.25, 0.3) is 5.91 Å². The highest BCUT2D eigenvalue weighted by molar-refractivity contribution is 6.04. The lowest BCUT2D eigenvalue weighted by Crippen LogP contribution is -2.14. The molecule has 0 radical (unpaired) electrons. The molecule has 150 valence electrons. The minimum Gasteiger partial charge on any atom is -0.497 e. The Morgan fingerprint density at radius 2 is 1.59 bits per heavy atom. The molecule has 0 aliphatic carbocycles. The largest absolute Gasteiger partial charge is 0.497 e. The Labute approximate surface area is 169 Å². The first-order valence-corrected chi connectivity index (χ1v) is 9.23. The molecule has 2 amide bonds. The maximum atomic E-state index is 12.4. The topological polar surface area (TPSA) is 93.5 Å². The molecule has 0 saturated carbocycles. The lowest BCUT2D eigenvalue weighted by atomic mass is 10.1. The van der Waals surface area contributed by atoms with Crippen LogP contribution in [0.15, 0.2) is 53.1 Å². The Kier molecular flexibility index (Phi) is 6.29. The molecule has 0 atom stereocenters. The summed E-state index contributed by atoms with van der Waals surface area (Å²) in [7, 11) is 1.59. The molecule has 3 aromatic rings. The van der Waals surface area contributed by atoms with E-state index in [9.17, 15) is 9.59 Å². The van der Waals surface area contributed by atoms with Gasteiger partial charge in [-0.25, -0.2) is 0 Å². The zero-order valence-corrected chi connectivity index (χ0v) is 16.6. The summed E-state index contributed by atoms with van der Waals surface area (Å²) in [5, 5.41) is 9.55. The van der Waals surface area contributed by atoms with Crippen LogP contribution >= 0.6 is 0 Å². The highest BCUT2D eigenvalue weighted by Crippen LogP contribution is 2.18. The third-order valence-corrected chi connectivity index (χ3v) is 4.56. The Balaban J connectivity index is 1.53. The third kappa shape index (κ3) is 5.22. The summed E-state index contributed by atoms with van der Waals surface area (Å²) in [4.78, 5) is 24.5. The number of benzene rings is 2. The molecular weight excluding hydrogens is 370 g/mol. The summed E-state index contributed by atoms with van der Waals surface area (Å²) in [5.74, 6) is 1.12. The van der Waals surface area contributed by atoms with Gasteiger partial charge in [-0.3, -0.25) is 9.59 Å². The SMILES string of the molecule is COc1ccc(NC(=O)c2ccc(NC(=O)CCc3c(C)noc3C)cc2)cc1. The standard InChI is InChI=1S/C22H23N3O4/c1-14-20(15(2)29-25-14)12-13-21(26)23-17-6-4-16(5-7-17)22(27)24-18-8-10-19(28-3)11-9-18/h4-11H,12-13H2,1-3H3,(H,23,26)(H,24,27). The lowest BCUT2D eigenvalue weighted by Gasteiger charge is -2.08. The smallest absolute Gasteiger partial charge is 0.255 e. The molecule has 0 fully saturated rings. The van der Waals surface area contributed by atoms with Crippen molar-refractivity contribution in [1.82, 2.24) is 5.16 Å². The quantitative estimate of drug-likeness (QED) is 0.630. The van der Waals surface area contributed by atoms with Gasteiger partial charge in [0, 0.05) is 28.9 Å². The number of hydrogen-bond acceptors (Lipinski definition) is 5. The summed E-state index contributed by atoms with van der Waals surface area (Å²) < 4.78 is 10.2. The molecule has 0 spiro atoms. The summed E-state index contributed by atoms with van der Waals surface area (Å²) in [5.41, 5.74) is 3.57. The first-order valence-electron chi connectivity index (χ1n) is 9.23. The van der Waals surface area contributed by atoms with Gasteiger partial charge in [0.15, 0.2) is 0 Å². The van der Waals surface area contributed by atoms with Crippen molar-refractivity contribution in [3.63, 3.8) is 0 Å². The van der Waals surface area contributed by atoms with Crippen molar-refractivity contribution in [3.8, 4) is 5.75 Å². The Morgan fingerprint density at radius 1 is 0.966 bits per heavy atom. The number of nitrogens with one attached hydrogen (secondary N) is 2. The number of amides is 2. The molecule has 0 bridgehead atoms. The molecule has 7 heteroatoms. The van der Waals surface area contributed by atoms with Crippen LogP contribution in [0.4, 0.5) is 11.4 Å². The van der Waals surface area contributed by atoms with Crippen molar-refractivity contribution >= 4 is 23.2 Å². The highest BCUT2D eigenvalue weighted by Gasteiger charge is 2.12. The van der Waals surface area contributed by atoms with Crippen molar-refractivity contribution < 1.29 is 18.8 Å². The van der Waals surface area contributed by atoms with Gasteiger partial charge >= 0.3 is 0 Å². The van der Waals surface area contributed by atoms with Gasteiger partial charge in [-0.2, -0.15) is 0 Å². The van der Waals surface area contributed by atoms with E-state index >= 15 is 0 Å². The van der Waals surface area contributed by atoms with Crippen LogP contribution in [0, 0.1) is 13.8 Å². The first kappa shape index (κ1) is 20.1. The van der Waals surface area contributed by atoms with Crippen molar-refractivity contribution in [3.05, 3.63) is 71.1 Å². The Bertz CT molecular complexity index is 972. The van der Waals surface area contributed by atoms with Crippen LogP contribution in [0.25, 0.3) is 0 Å². The van der Waals surface area contributed by atoms with Gasteiger partial charge in [0.2, 0.25) is 5.91 Å². The zero-order chi connectivity index (χ0) is 20.8. The number of rotatable bonds is 7. The van der Waals surface area contributed by atoms with Crippen molar-refractivity contribution in [2.45, 2.75) is 26.7 Å². The summed E-state index contributed by atoms with van der Waals surface area (Å²) in [6.07, 6.45) is 0.887. The number of methoxy groups -OCH3 is 1. The molecule has 0 aliphatic heterocycles. The van der Waals surface area contributed by atoms with Crippen molar-refractivity contribution in [2.24, 2.45) is 0 Å². The number of ether oxygens (including phenoxy) is 1. The minimum absolute atomic E-state index is 0.111. The van der Waals surface area contributed by atoms with Crippen LogP contribution in [-0.2, 0) is 11.2 Å². The fraction of sp³-hybridized carbons (Fsp3) is 0.227. The fourth-order valence-corrected chi connectivity index (χ4v) is 2.90. The van der Waals surface area contributed by atoms with E-state index in [1.54, 1.807) is 55.6 Å². The highest BCUT2D eigenvalue weighted by atomic mass is 16.5. The number of carbonyl (C=O) groups is 2. The van der Waals surface area contributed by atoms with E-state index < -0.39 is 0 Å². The minimum atomic E-state index is -0.230. The molecule has 3 rings (SSSR count).